The molecule has 0 spiro atoms. The molecule has 0 atom stereocenters. The van der Waals surface area contributed by atoms with Crippen LogP contribution in [0.2, 0.25) is 0 Å². The van der Waals surface area contributed by atoms with E-state index in [9.17, 15) is 30.0 Å². The lowest BCUT2D eigenvalue weighted by Gasteiger charge is -2.19. The summed E-state index contributed by atoms with van der Waals surface area (Å²) in [6, 6.07) is 6.46. The second-order valence-corrected chi connectivity index (χ2v) is 8.93. The summed E-state index contributed by atoms with van der Waals surface area (Å²) in [6.45, 7) is -0.559. The van der Waals surface area contributed by atoms with Gasteiger partial charge in [0.2, 0.25) is 10.0 Å². The summed E-state index contributed by atoms with van der Waals surface area (Å²) in [6.07, 6.45) is -6.04. The van der Waals surface area contributed by atoms with Crippen molar-refractivity contribution in [3.05, 3.63) is 24.3 Å². The second-order valence-electron chi connectivity index (χ2n) is 5.11. The Morgan fingerprint density at radius 3 is 2.33 bits per heavy atom. The van der Waals surface area contributed by atoms with Gasteiger partial charge in [0.05, 0.1) is 23.5 Å². The molecule has 1 N–H and O–H groups in total. The smallest absolute Gasteiger partial charge is 0.254 e. The zero-order valence-electron chi connectivity index (χ0n) is 12.6. The molecule has 1 aliphatic heterocycles. The lowest BCUT2D eigenvalue weighted by Crippen LogP contribution is -2.41. The van der Waals surface area contributed by atoms with Crippen molar-refractivity contribution >= 4 is 31.6 Å². The molecular weight excluding hydrogens is 371 g/mol. The number of nitrogens with zero attached hydrogens (tertiary/aromatic N) is 2. The van der Waals surface area contributed by atoms with Crippen LogP contribution in [0.4, 0.5) is 24.5 Å². The number of hydrogen-bond acceptors (Lipinski definition) is 4. The van der Waals surface area contributed by atoms with E-state index in [1.54, 1.807) is 24.3 Å². The van der Waals surface area contributed by atoms with Gasteiger partial charge in [0.15, 0.2) is 0 Å². The van der Waals surface area contributed by atoms with E-state index in [1.807, 2.05) is 4.72 Å². The summed E-state index contributed by atoms with van der Waals surface area (Å²) in [7, 11) is -6.60. The van der Waals surface area contributed by atoms with Crippen molar-refractivity contribution in [1.82, 2.24) is 4.72 Å². The number of halogens is 3. The van der Waals surface area contributed by atoms with Crippen LogP contribution < -0.4 is 13.3 Å². The van der Waals surface area contributed by atoms with Gasteiger partial charge >= 0.3 is 16.4 Å². The van der Waals surface area contributed by atoms with Gasteiger partial charge in [-0.3, -0.25) is 4.31 Å². The number of sulfonamides is 1. The molecule has 1 aromatic rings. The van der Waals surface area contributed by atoms with Crippen LogP contribution in [0.1, 0.15) is 6.42 Å². The first-order valence-electron chi connectivity index (χ1n) is 6.84. The van der Waals surface area contributed by atoms with Gasteiger partial charge in [-0.05, 0) is 12.1 Å². The summed E-state index contributed by atoms with van der Waals surface area (Å²) in [4.78, 5) is 0. The summed E-state index contributed by atoms with van der Waals surface area (Å²) in [5.74, 6) is -1.10. The third kappa shape index (κ3) is 4.11. The summed E-state index contributed by atoms with van der Waals surface area (Å²) in [5.41, 5.74) is 0.826. The highest BCUT2D eigenvalue weighted by Crippen LogP contribution is 2.38. The van der Waals surface area contributed by atoms with E-state index in [1.165, 1.54) is 7.05 Å². The van der Waals surface area contributed by atoms with Crippen LogP contribution in [-0.4, -0.2) is 48.9 Å². The van der Waals surface area contributed by atoms with Gasteiger partial charge < -0.3 is 0 Å². The first kappa shape index (κ1) is 18.8. The fourth-order valence-electron chi connectivity index (χ4n) is 2.20. The molecule has 7 nitrogen and oxygen atoms in total. The minimum Gasteiger partial charge on any atom is -0.254 e. The third-order valence-corrected chi connectivity index (χ3v) is 6.62. The topological polar surface area (TPSA) is 86.8 Å². The molecule has 0 bridgehead atoms. The number of alkyl halides is 3. The molecule has 12 heteroatoms. The van der Waals surface area contributed by atoms with Gasteiger partial charge in [0, 0.05) is 20.1 Å². The SMILES string of the molecule is CN1c2ccccc2N(CCNS(=O)(=O)CCC(F)(F)F)S1(=O)=O. The van der Waals surface area contributed by atoms with E-state index in [-0.39, 0.29) is 13.1 Å². The van der Waals surface area contributed by atoms with Crippen molar-refractivity contribution in [1.29, 1.82) is 0 Å². The predicted octanol–water partition coefficient (Wildman–Crippen LogP) is 1.06. The van der Waals surface area contributed by atoms with Crippen LogP contribution in [0, 0.1) is 0 Å². The lowest BCUT2D eigenvalue weighted by atomic mass is 10.2. The highest BCUT2D eigenvalue weighted by Gasteiger charge is 2.37. The maximum absolute atomic E-state index is 12.3. The Morgan fingerprint density at radius 2 is 1.75 bits per heavy atom. The van der Waals surface area contributed by atoms with Crippen molar-refractivity contribution in [3.8, 4) is 0 Å². The first-order chi connectivity index (χ1) is 10.9. The van der Waals surface area contributed by atoms with Crippen molar-refractivity contribution in [2.45, 2.75) is 12.6 Å². The molecule has 0 radical (unpaired) electrons. The number of rotatable bonds is 6. The fraction of sp³-hybridized carbons (Fsp3) is 0.500. The van der Waals surface area contributed by atoms with Crippen molar-refractivity contribution in [3.63, 3.8) is 0 Å². The number of anilines is 2. The summed E-state index contributed by atoms with van der Waals surface area (Å²) >= 11 is 0. The Hall–Kier alpha value is -1.53. The zero-order valence-corrected chi connectivity index (χ0v) is 14.2. The molecule has 0 saturated heterocycles. The maximum Gasteiger partial charge on any atom is 0.390 e. The minimum atomic E-state index is -4.57. The molecule has 0 amide bonds. The Bertz CT molecular complexity index is 809. The summed E-state index contributed by atoms with van der Waals surface area (Å²) in [5, 5.41) is 0. The van der Waals surface area contributed by atoms with Gasteiger partial charge in [-0.15, -0.1) is 0 Å². The van der Waals surface area contributed by atoms with Crippen molar-refractivity contribution in [2.75, 3.05) is 34.5 Å². The van der Waals surface area contributed by atoms with Gasteiger partial charge in [-0.2, -0.15) is 21.6 Å². The Labute approximate surface area is 138 Å². The van der Waals surface area contributed by atoms with E-state index in [4.69, 9.17) is 0 Å². The highest BCUT2D eigenvalue weighted by atomic mass is 32.2. The minimum absolute atomic E-state index is 0.227. The van der Waals surface area contributed by atoms with E-state index in [2.05, 4.69) is 0 Å². The average molecular weight is 387 g/mol. The molecule has 2 rings (SSSR count). The van der Waals surface area contributed by atoms with Crippen LogP contribution >= 0.6 is 0 Å². The van der Waals surface area contributed by atoms with E-state index in [0.29, 0.717) is 11.4 Å². The predicted molar refractivity (Wildman–Crippen MR) is 83.6 cm³/mol. The number of hydrogen-bond donors (Lipinski definition) is 1. The molecule has 24 heavy (non-hydrogen) atoms. The molecule has 0 unspecified atom stereocenters. The van der Waals surface area contributed by atoms with E-state index < -0.39 is 38.6 Å². The monoisotopic (exact) mass is 387 g/mol. The molecule has 0 aliphatic carbocycles. The van der Waals surface area contributed by atoms with Crippen molar-refractivity contribution < 1.29 is 30.0 Å². The number of benzene rings is 1. The quantitative estimate of drug-likeness (QED) is 0.791. The molecular formula is C12H16F3N3O4S2. The summed E-state index contributed by atoms with van der Waals surface area (Å²) < 4.78 is 87.9. The van der Waals surface area contributed by atoms with Crippen LogP contribution in [0.5, 0.6) is 0 Å². The standard InChI is InChI=1S/C12H16F3N3O4S2/c1-17-10-4-2-3-5-11(10)18(24(17,21)22)8-7-16-23(19,20)9-6-12(13,14)15/h2-5,16H,6-9H2,1H3. The van der Waals surface area contributed by atoms with Crippen molar-refractivity contribution in [2.24, 2.45) is 0 Å². The van der Waals surface area contributed by atoms with Gasteiger partial charge in [-0.1, -0.05) is 12.1 Å². The first-order valence-corrected chi connectivity index (χ1v) is 9.89. The zero-order chi connectivity index (χ0) is 18.2. The van der Waals surface area contributed by atoms with E-state index in [0.717, 1.165) is 8.61 Å². The Kier molecular flexibility index (Phi) is 5.02. The molecule has 0 saturated carbocycles. The Balaban J connectivity index is 2.02. The lowest BCUT2D eigenvalue weighted by molar-refractivity contribution is -0.129. The largest absolute Gasteiger partial charge is 0.390 e. The number of nitrogens with one attached hydrogen (secondary N) is 1. The molecule has 1 aromatic carbocycles. The van der Waals surface area contributed by atoms with Gasteiger partial charge in [0.1, 0.15) is 0 Å². The molecule has 0 fully saturated rings. The van der Waals surface area contributed by atoms with Crippen LogP contribution in [-0.2, 0) is 20.2 Å². The molecule has 1 heterocycles. The Morgan fingerprint density at radius 1 is 1.17 bits per heavy atom. The third-order valence-electron chi connectivity index (χ3n) is 3.41. The van der Waals surface area contributed by atoms with Crippen LogP contribution in [0.15, 0.2) is 24.3 Å². The molecule has 1 aliphatic rings. The number of para-hydroxylation sites is 2. The molecule has 136 valence electrons. The highest BCUT2D eigenvalue weighted by molar-refractivity contribution is 7.94. The maximum atomic E-state index is 12.3. The second kappa shape index (κ2) is 6.41. The molecule has 0 aromatic heterocycles. The normalized spacial score (nSPS) is 17.2. The van der Waals surface area contributed by atoms with Gasteiger partial charge in [0.25, 0.3) is 0 Å². The number of fused-ring (bicyclic) bond motifs is 1. The van der Waals surface area contributed by atoms with Gasteiger partial charge in [-0.25, -0.2) is 17.4 Å². The van der Waals surface area contributed by atoms with E-state index >= 15 is 0 Å². The fourth-order valence-corrected chi connectivity index (χ4v) is 4.67. The average Bonchev–Trinajstić information content (AvgIpc) is 2.66. The van der Waals surface area contributed by atoms with Crippen LogP contribution in [0.3, 0.4) is 0 Å². The van der Waals surface area contributed by atoms with Crippen LogP contribution in [0.25, 0.3) is 0 Å².